The Morgan fingerprint density at radius 2 is 1.88 bits per heavy atom. The molecule has 9 nitrogen and oxygen atoms in total. The highest BCUT2D eigenvalue weighted by atomic mass is 28.3. The lowest BCUT2D eigenvalue weighted by Gasteiger charge is -2.22. The maximum Gasteiger partial charge on any atom is 0.407 e. The highest BCUT2D eigenvalue weighted by Crippen LogP contribution is 2.30. The van der Waals surface area contributed by atoms with Gasteiger partial charge in [0.25, 0.3) is 0 Å². The maximum absolute atomic E-state index is 12.1. The fourth-order valence-corrected chi connectivity index (χ4v) is 4.34. The SMILES string of the molecule is C[C@H](COc1cc(Nc2ncc3cc(C#C[Si](C)(C)C)ccc3n2)cc(-c2cnn(C)c2)c1)NC(=O)OC(C)(C)C. The smallest absolute Gasteiger partial charge is 0.407 e. The summed E-state index contributed by atoms with van der Waals surface area (Å²) in [6.07, 6.45) is 5.05. The zero-order valence-electron chi connectivity index (χ0n) is 25.0. The molecule has 0 radical (unpaired) electrons. The third-order valence-electron chi connectivity index (χ3n) is 5.63. The Morgan fingerprint density at radius 3 is 2.56 bits per heavy atom. The molecule has 10 heteroatoms. The first kappa shape index (κ1) is 29.6. The third kappa shape index (κ3) is 9.08. The summed E-state index contributed by atoms with van der Waals surface area (Å²) in [5.74, 6) is 4.38. The molecule has 2 N–H and O–H groups in total. The normalized spacial score (nSPS) is 12.3. The molecule has 2 aromatic carbocycles. The number of benzene rings is 2. The summed E-state index contributed by atoms with van der Waals surface area (Å²) in [7, 11) is 0.410. The van der Waals surface area contributed by atoms with Gasteiger partial charge in [-0.1, -0.05) is 25.6 Å². The molecule has 1 atom stereocenters. The summed E-state index contributed by atoms with van der Waals surface area (Å²) >= 11 is 0. The molecular formula is C31H38N6O3Si. The fourth-order valence-electron chi connectivity index (χ4n) is 3.82. The van der Waals surface area contributed by atoms with Gasteiger partial charge in [-0.05, 0) is 63.6 Å². The van der Waals surface area contributed by atoms with Crippen molar-refractivity contribution in [3.8, 4) is 28.3 Å². The van der Waals surface area contributed by atoms with Crippen molar-refractivity contribution in [3.63, 3.8) is 0 Å². The number of amides is 1. The van der Waals surface area contributed by atoms with Crippen LogP contribution in [0.2, 0.25) is 19.6 Å². The summed E-state index contributed by atoms with van der Waals surface area (Å²) in [5.41, 5.74) is 7.22. The first-order valence-corrected chi connectivity index (χ1v) is 17.1. The van der Waals surface area contributed by atoms with Gasteiger partial charge in [0.05, 0.1) is 17.8 Å². The lowest BCUT2D eigenvalue weighted by Crippen LogP contribution is -2.40. The third-order valence-corrected chi connectivity index (χ3v) is 6.50. The maximum atomic E-state index is 12.1. The second-order valence-electron chi connectivity index (χ2n) is 12.1. The number of anilines is 2. The van der Waals surface area contributed by atoms with E-state index in [-0.39, 0.29) is 12.6 Å². The average Bonchev–Trinajstić information content (AvgIpc) is 3.31. The lowest BCUT2D eigenvalue weighted by molar-refractivity contribution is 0.0494. The summed E-state index contributed by atoms with van der Waals surface area (Å²) in [4.78, 5) is 21.4. The molecule has 2 aromatic heterocycles. The number of rotatable bonds is 7. The number of carbonyl (C=O) groups is 1. The van der Waals surface area contributed by atoms with E-state index in [9.17, 15) is 4.79 Å². The van der Waals surface area contributed by atoms with E-state index in [2.05, 4.69) is 51.8 Å². The Labute approximate surface area is 242 Å². The molecule has 0 aliphatic carbocycles. The number of hydrogen-bond donors (Lipinski definition) is 2. The van der Waals surface area contributed by atoms with Crippen LogP contribution in [-0.2, 0) is 11.8 Å². The van der Waals surface area contributed by atoms with Crippen molar-refractivity contribution >= 4 is 36.7 Å². The Morgan fingerprint density at radius 1 is 1.10 bits per heavy atom. The molecule has 0 saturated heterocycles. The summed E-state index contributed by atoms with van der Waals surface area (Å²) in [5, 5.41) is 11.4. The molecule has 0 unspecified atom stereocenters. The van der Waals surface area contributed by atoms with Crippen LogP contribution in [-0.4, -0.2) is 52.2 Å². The van der Waals surface area contributed by atoms with Crippen molar-refractivity contribution in [1.82, 2.24) is 25.1 Å². The van der Waals surface area contributed by atoms with Gasteiger partial charge in [0.15, 0.2) is 0 Å². The van der Waals surface area contributed by atoms with Crippen molar-refractivity contribution in [3.05, 3.63) is 60.6 Å². The number of nitrogens with zero attached hydrogens (tertiary/aromatic N) is 4. The summed E-state index contributed by atoms with van der Waals surface area (Å²) < 4.78 is 13.2. The highest BCUT2D eigenvalue weighted by molar-refractivity contribution is 6.83. The molecule has 4 aromatic rings. The van der Waals surface area contributed by atoms with Crippen molar-refractivity contribution < 1.29 is 14.3 Å². The Balaban J connectivity index is 1.54. The van der Waals surface area contributed by atoms with E-state index in [1.54, 1.807) is 17.1 Å². The van der Waals surface area contributed by atoms with Crippen LogP contribution in [0.4, 0.5) is 16.4 Å². The van der Waals surface area contributed by atoms with Crippen LogP contribution in [0.25, 0.3) is 22.0 Å². The molecule has 2 heterocycles. The number of nitrogens with one attached hydrogen (secondary N) is 2. The Bertz CT molecular complexity index is 1610. The summed E-state index contributed by atoms with van der Waals surface area (Å²) in [6, 6.07) is 11.5. The van der Waals surface area contributed by atoms with E-state index in [1.807, 2.05) is 77.3 Å². The van der Waals surface area contributed by atoms with Gasteiger partial charge in [0.2, 0.25) is 5.95 Å². The van der Waals surface area contributed by atoms with Crippen LogP contribution < -0.4 is 15.4 Å². The van der Waals surface area contributed by atoms with Gasteiger partial charge in [-0.3, -0.25) is 4.68 Å². The zero-order chi connectivity index (χ0) is 29.8. The van der Waals surface area contributed by atoms with Gasteiger partial charge >= 0.3 is 6.09 Å². The molecule has 0 fully saturated rings. The molecule has 0 spiro atoms. The minimum atomic E-state index is -1.46. The molecule has 0 bridgehead atoms. The minimum Gasteiger partial charge on any atom is -0.491 e. The van der Waals surface area contributed by atoms with E-state index in [1.165, 1.54) is 0 Å². The van der Waals surface area contributed by atoms with Crippen molar-refractivity contribution in [1.29, 1.82) is 0 Å². The van der Waals surface area contributed by atoms with Crippen LogP contribution in [0.1, 0.15) is 33.3 Å². The van der Waals surface area contributed by atoms with Gasteiger partial charge in [0.1, 0.15) is 26.0 Å². The second-order valence-corrected chi connectivity index (χ2v) is 16.8. The van der Waals surface area contributed by atoms with Gasteiger partial charge in [-0.15, -0.1) is 5.54 Å². The van der Waals surface area contributed by atoms with Gasteiger partial charge in [0, 0.05) is 47.7 Å². The van der Waals surface area contributed by atoms with Crippen LogP contribution in [0.5, 0.6) is 5.75 Å². The van der Waals surface area contributed by atoms with Crippen LogP contribution in [0.3, 0.4) is 0 Å². The van der Waals surface area contributed by atoms with E-state index in [4.69, 9.17) is 14.5 Å². The molecule has 1 amide bonds. The van der Waals surface area contributed by atoms with Crippen LogP contribution in [0, 0.1) is 11.5 Å². The molecule has 0 aliphatic heterocycles. The number of fused-ring (bicyclic) bond motifs is 1. The van der Waals surface area contributed by atoms with Crippen molar-refractivity contribution in [2.75, 3.05) is 11.9 Å². The van der Waals surface area contributed by atoms with Crippen LogP contribution >= 0.6 is 0 Å². The fraction of sp³-hybridized carbons (Fsp3) is 0.355. The molecular weight excluding hydrogens is 532 g/mol. The number of aryl methyl sites for hydroxylation is 1. The van der Waals surface area contributed by atoms with E-state index in [0.29, 0.717) is 11.7 Å². The second kappa shape index (κ2) is 12.0. The largest absolute Gasteiger partial charge is 0.491 e. The lowest BCUT2D eigenvalue weighted by atomic mass is 10.1. The number of carbonyl (C=O) groups excluding carboxylic acids is 1. The number of ether oxygens (including phenoxy) is 2. The quantitative estimate of drug-likeness (QED) is 0.199. The molecule has 0 saturated carbocycles. The van der Waals surface area contributed by atoms with E-state index in [0.717, 1.165) is 33.3 Å². The first-order valence-electron chi connectivity index (χ1n) is 13.6. The topological polar surface area (TPSA) is 103 Å². The predicted octanol–water partition coefficient (Wildman–Crippen LogP) is 6.29. The molecule has 41 heavy (non-hydrogen) atoms. The molecule has 4 rings (SSSR count). The minimum absolute atomic E-state index is 0.255. The highest BCUT2D eigenvalue weighted by Gasteiger charge is 2.18. The van der Waals surface area contributed by atoms with Gasteiger partial charge in [-0.25, -0.2) is 14.8 Å². The van der Waals surface area contributed by atoms with Gasteiger partial charge < -0.3 is 20.1 Å². The number of hydrogen-bond acceptors (Lipinski definition) is 7. The Kier molecular flexibility index (Phi) is 8.68. The molecule has 0 aliphatic rings. The van der Waals surface area contributed by atoms with Gasteiger partial charge in [-0.2, -0.15) is 5.10 Å². The number of alkyl carbamates (subject to hydrolysis) is 1. The summed E-state index contributed by atoms with van der Waals surface area (Å²) in [6.45, 7) is 14.3. The monoisotopic (exact) mass is 570 g/mol. The predicted molar refractivity (Wildman–Crippen MR) is 166 cm³/mol. The van der Waals surface area contributed by atoms with E-state index < -0.39 is 19.8 Å². The van der Waals surface area contributed by atoms with Crippen molar-refractivity contribution in [2.24, 2.45) is 7.05 Å². The van der Waals surface area contributed by atoms with Crippen LogP contribution in [0.15, 0.2) is 55.0 Å². The standard InChI is InChI=1S/C31H38N6O3Si/c1-21(34-30(38)40-31(2,3)4)20-39-27-15-23(25-18-33-37(5)19-25)14-26(16-27)35-29-32-17-24-13-22(9-10-28(24)36-29)11-12-41(6,7)8/h9-10,13-19,21H,20H2,1-8H3,(H,34,38)(H,32,35,36)/t21-/m1/s1. The average molecular weight is 571 g/mol. The van der Waals surface area contributed by atoms with Crippen molar-refractivity contribution in [2.45, 2.75) is 59.0 Å². The first-order chi connectivity index (χ1) is 19.2. The van der Waals surface area contributed by atoms with E-state index >= 15 is 0 Å². The zero-order valence-corrected chi connectivity index (χ0v) is 26.0. The number of aromatic nitrogens is 4. The Hall–Kier alpha value is -4.36. The molecule has 214 valence electrons.